The molecule has 1 saturated heterocycles. The Morgan fingerprint density at radius 3 is 2.95 bits per heavy atom. The number of ether oxygens (including phenoxy) is 1. The maximum atomic E-state index is 10.6. The molecule has 112 valence electrons. The summed E-state index contributed by atoms with van der Waals surface area (Å²) in [4.78, 5) is 4.48. The van der Waals surface area contributed by atoms with E-state index in [0.29, 0.717) is 12.3 Å². The first kappa shape index (κ1) is 14.5. The summed E-state index contributed by atoms with van der Waals surface area (Å²) in [5.41, 5.74) is 1.15. The molecule has 2 fully saturated rings. The van der Waals surface area contributed by atoms with Crippen LogP contribution < -0.4 is 0 Å². The van der Waals surface area contributed by atoms with Gasteiger partial charge in [-0.1, -0.05) is 19.3 Å². The zero-order valence-electron chi connectivity index (χ0n) is 12.3. The number of rotatable bonds is 3. The van der Waals surface area contributed by atoms with E-state index in [0.717, 1.165) is 30.2 Å². The van der Waals surface area contributed by atoms with Gasteiger partial charge in [0.05, 0.1) is 16.7 Å². The molecule has 1 aromatic rings. The van der Waals surface area contributed by atoms with Crippen molar-refractivity contribution in [2.45, 2.75) is 70.0 Å². The molecule has 1 N–H and O–H groups in total. The molecule has 1 aliphatic heterocycles. The van der Waals surface area contributed by atoms with Gasteiger partial charge in [-0.05, 0) is 38.5 Å². The number of hydrogen-bond donors (Lipinski definition) is 1. The highest BCUT2D eigenvalue weighted by atomic mass is 32.1. The Bertz CT molecular complexity index is 434. The zero-order chi connectivity index (χ0) is 14.0. The molecule has 1 aromatic heterocycles. The topological polar surface area (TPSA) is 42.4 Å². The molecule has 3 rings (SSSR count). The van der Waals surface area contributed by atoms with Gasteiger partial charge in [0.25, 0.3) is 0 Å². The summed E-state index contributed by atoms with van der Waals surface area (Å²) >= 11 is 1.67. The molecule has 3 nitrogen and oxygen atoms in total. The van der Waals surface area contributed by atoms with E-state index in [4.69, 9.17) is 4.74 Å². The minimum atomic E-state index is -0.261. The van der Waals surface area contributed by atoms with Crippen molar-refractivity contribution in [3.63, 3.8) is 0 Å². The van der Waals surface area contributed by atoms with E-state index >= 15 is 0 Å². The maximum absolute atomic E-state index is 10.6. The van der Waals surface area contributed by atoms with Gasteiger partial charge in [0.2, 0.25) is 0 Å². The van der Waals surface area contributed by atoms with Crippen molar-refractivity contribution < 1.29 is 9.84 Å². The molecule has 1 spiro atoms. The fraction of sp³-hybridized carbons (Fsp3) is 0.812. The normalized spacial score (nSPS) is 27.6. The van der Waals surface area contributed by atoms with E-state index < -0.39 is 0 Å². The minimum Gasteiger partial charge on any atom is -0.392 e. The Hall–Kier alpha value is -0.450. The van der Waals surface area contributed by atoms with Crippen LogP contribution in [0.25, 0.3) is 0 Å². The number of aromatic nitrogens is 1. The number of nitrogens with zero attached hydrogens (tertiary/aromatic N) is 1. The number of aliphatic hydroxyl groups is 1. The number of thiazole rings is 1. The Kier molecular flexibility index (Phi) is 4.43. The molecule has 0 aromatic carbocycles. The van der Waals surface area contributed by atoms with Gasteiger partial charge < -0.3 is 9.84 Å². The van der Waals surface area contributed by atoms with Crippen molar-refractivity contribution in [2.75, 3.05) is 6.61 Å². The molecule has 4 heteroatoms. The quantitative estimate of drug-likeness (QED) is 0.928. The number of hydrogen-bond acceptors (Lipinski definition) is 4. The van der Waals surface area contributed by atoms with Gasteiger partial charge in [-0.25, -0.2) is 4.98 Å². The van der Waals surface area contributed by atoms with E-state index in [2.05, 4.69) is 10.4 Å². The molecular weight excluding hydrogens is 270 g/mol. The molecule has 0 amide bonds. The molecule has 0 radical (unpaired) electrons. The molecule has 0 bridgehead atoms. The smallest absolute Gasteiger partial charge is 0.0954 e. The average Bonchev–Trinajstić information content (AvgIpc) is 2.85. The Labute approximate surface area is 125 Å². The maximum Gasteiger partial charge on any atom is 0.0954 e. The van der Waals surface area contributed by atoms with Crippen molar-refractivity contribution in [2.24, 2.45) is 5.92 Å². The first-order valence-corrected chi connectivity index (χ1v) is 8.78. The summed E-state index contributed by atoms with van der Waals surface area (Å²) in [7, 11) is 0. The summed E-state index contributed by atoms with van der Waals surface area (Å²) in [6.45, 7) is 2.83. The van der Waals surface area contributed by atoms with E-state index in [9.17, 15) is 5.11 Å². The zero-order valence-corrected chi connectivity index (χ0v) is 13.1. The Morgan fingerprint density at radius 1 is 1.45 bits per heavy atom. The third-order valence-electron chi connectivity index (χ3n) is 4.89. The van der Waals surface area contributed by atoms with E-state index in [1.807, 2.05) is 6.92 Å². The molecule has 2 aliphatic rings. The monoisotopic (exact) mass is 295 g/mol. The lowest BCUT2D eigenvalue weighted by Gasteiger charge is -2.44. The average molecular weight is 295 g/mol. The molecule has 2 unspecified atom stereocenters. The fourth-order valence-electron chi connectivity index (χ4n) is 3.78. The Balaban J connectivity index is 1.61. The van der Waals surface area contributed by atoms with Crippen LogP contribution in [0.1, 0.15) is 55.6 Å². The highest BCUT2D eigenvalue weighted by molar-refractivity contribution is 7.09. The number of aryl methyl sites for hydroxylation is 1. The predicted octanol–water partition coefficient (Wildman–Crippen LogP) is 3.48. The minimum absolute atomic E-state index is 0.0843. The van der Waals surface area contributed by atoms with Gasteiger partial charge in [-0.3, -0.25) is 0 Å². The second kappa shape index (κ2) is 6.12. The van der Waals surface area contributed by atoms with Crippen molar-refractivity contribution in [1.29, 1.82) is 0 Å². The summed E-state index contributed by atoms with van der Waals surface area (Å²) in [6, 6.07) is 0. The van der Waals surface area contributed by atoms with Crippen LogP contribution in [0.4, 0.5) is 0 Å². The second-order valence-electron chi connectivity index (χ2n) is 6.50. The lowest BCUT2D eigenvalue weighted by Crippen LogP contribution is -2.44. The van der Waals surface area contributed by atoms with Gasteiger partial charge in [-0.2, -0.15) is 0 Å². The highest BCUT2D eigenvalue weighted by Gasteiger charge is 2.40. The van der Waals surface area contributed by atoms with Gasteiger partial charge in [0, 0.05) is 24.1 Å². The summed E-state index contributed by atoms with van der Waals surface area (Å²) < 4.78 is 6.12. The van der Waals surface area contributed by atoms with Crippen LogP contribution in [-0.2, 0) is 11.2 Å². The van der Waals surface area contributed by atoms with Crippen molar-refractivity contribution >= 4 is 11.3 Å². The molecule has 1 aliphatic carbocycles. The molecule has 2 atom stereocenters. The van der Waals surface area contributed by atoms with Gasteiger partial charge >= 0.3 is 0 Å². The van der Waals surface area contributed by atoms with Crippen molar-refractivity contribution in [3.05, 3.63) is 16.1 Å². The summed E-state index contributed by atoms with van der Waals surface area (Å²) in [6.07, 6.45) is 8.77. The van der Waals surface area contributed by atoms with Crippen LogP contribution in [0.3, 0.4) is 0 Å². The van der Waals surface area contributed by atoms with Crippen LogP contribution in [-0.4, -0.2) is 28.4 Å². The second-order valence-corrected chi connectivity index (χ2v) is 7.44. The van der Waals surface area contributed by atoms with E-state index in [-0.39, 0.29) is 11.7 Å². The largest absolute Gasteiger partial charge is 0.392 e. The predicted molar refractivity (Wildman–Crippen MR) is 81.1 cm³/mol. The Morgan fingerprint density at radius 2 is 2.25 bits per heavy atom. The first-order valence-electron chi connectivity index (χ1n) is 7.90. The summed E-state index contributed by atoms with van der Waals surface area (Å²) in [5, 5.41) is 13.7. The fourth-order valence-corrected chi connectivity index (χ4v) is 4.60. The first-order chi connectivity index (χ1) is 9.67. The van der Waals surface area contributed by atoms with Crippen molar-refractivity contribution in [3.8, 4) is 0 Å². The van der Waals surface area contributed by atoms with Crippen LogP contribution in [0, 0.1) is 12.8 Å². The summed E-state index contributed by atoms with van der Waals surface area (Å²) in [5.74, 6) is 0.381. The third-order valence-corrected chi connectivity index (χ3v) is 5.88. The van der Waals surface area contributed by atoms with Crippen LogP contribution in [0.5, 0.6) is 0 Å². The SMILES string of the molecule is Cc1csc(CC(O)C2CCOC3(CCCCC3)C2)n1. The van der Waals surface area contributed by atoms with Crippen LogP contribution in [0.2, 0.25) is 0 Å². The van der Waals surface area contributed by atoms with Crippen LogP contribution >= 0.6 is 11.3 Å². The lowest BCUT2D eigenvalue weighted by atomic mass is 9.74. The molecular formula is C16H25NO2S. The number of aliphatic hydroxyl groups excluding tert-OH is 1. The van der Waals surface area contributed by atoms with Gasteiger partial charge in [0.1, 0.15) is 0 Å². The molecule has 1 saturated carbocycles. The highest BCUT2D eigenvalue weighted by Crippen LogP contribution is 2.41. The standard InChI is InChI=1S/C16H25NO2S/c1-12-11-20-15(17-12)9-14(18)13-5-8-19-16(10-13)6-3-2-4-7-16/h11,13-14,18H,2-10H2,1H3. The van der Waals surface area contributed by atoms with Gasteiger partial charge in [-0.15, -0.1) is 11.3 Å². The van der Waals surface area contributed by atoms with Gasteiger partial charge in [0.15, 0.2) is 0 Å². The van der Waals surface area contributed by atoms with Crippen LogP contribution in [0.15, 0.2) is 5.38 Å². The van der Waals surface area contributed by atoms with E-state index in [1.165, 1.54) is 32.1 Å². The molecule has 20 heavy (non-hydrogen) atoms. The third kappa shape index (κ3) is 3.23. The molecule has 2 heterocycles. The van der Waals surface area contributed by atoms with Crippen molar-refractivity contribution in [1.82, 2.24) is 4.98 Å². The lowest BCUT2D eigenvalue weighted by molar-refractivity contribution is -0.133. The van der Waals surface area contributed by atoms with E-state index in [1.54, 1.807) is 11.3 Å².